The number of nitrogens with zero attached hydrogens (tertiary/aromatic N) is 2. The molecule has 2 rings (SSSR count). The molecule has 2 saturated heterocycles. The van der Waals surface area contributed by atoms with Crippen LogP contribution in [0.1, 0.15) is 45.4 Å². The molecule has 1 N–H and O–H groups in total. The first-order valence-electron chi connectivity index (χ1n) is 7.93. The lowest BCUT2D eigenvalue weighted by Gasteiger charge is -2.40. The summed E-state index contributed by atoms with van der Waals surface area (Å²) < 4.78 is 0. The lowest BCUT2D eigenvalue weighted by Crippen LogP contribution is -2.56. The average Bonchev–Trinajstić information content (AvgIpc) is 2.53. The first kappa shape index (κ1) is 18.2. The maximum Gasteiger partial charge on any atom is 0.245 e. The second-order valence-corrected chi connectivity index (χ2v) is 5.86. The van der Waals surface area contributed by atoms with Crippen molar-refractivity contribution in [3.05, 3.63) is 0 Å². The number of likely N-dealkylation sites (tertiary alicyclic amines) is 2. The molecule has 2 aliphatic heterocycles. The summed E-state index contributed by atoms with van der Waals surface area (Å²) in [4.78, 5) is 28.5. The normalized spacial score (nSPS) is 26.2. The van der Waals surface area contributed by atoms with E-state index in [2.05, 4.69) is 5.32 Å². The van der Waals surface area contributed by atoms with Crippen LogP contribution in [-0.2, 0) is 9.59 Å². The number of carbonyl (C=O) groups excluding carboxylic acids is 2. The Balaban J connectivity index is 0.00000220. The van der Waals surface area contributed by atoms with Gasteiger partial charge in [0.05, 0.1) is 0 Å². The van der Waals surface area contributed by atoms with Crippen molar-refractivity contribution < 1.29 is 9.59 Å². The minimum atomic E-state index is -0.216. The fourth-order valence-electron chi connectivity index (χ4n) is 3.31. The Bertz CT molecular complexity index is 365. The summed E-state index contributed by atoms with van der Waals surface area (Å²) in [5.74, 6) is 0.275. The maximum atomic E-state index is 12.7. The summed E-state index contributed by atoms with van der Waals surface area (Å²) in [6.07, 6.45) is 5.56. The van der Waals surface area contributed by atoms with Crippen LogP contribution >= 0.6 is 12.4 Å². The number of rotatable bonds is 3. The zero-order valence-corrected chi connectivity index (χ0v) is 14.0. The molecule has 2 heterocycles. The lowest BCUT2D eigenvalue weighted by molar-refractivity contribution is -0.148. The number of halogens is 1. The molecule has 2 unspecified atom stereocenters. The van der Waals surface area contributed by atoms with Gasteiger partial charge in [0.25, 0.3) is 0 Å². The number of hydrogen-bond acceptors (Lipinski definition) is 3. The molecular formula is C15H28ClN3O2. The molecule has 0 spiro atoms. The topological polar surface area (TPSA) is 52.7 Å². The Morgan fingerprint density at radius 1 is 1.14 bits per heavy atom. The van der Waals surface area contributed by atoms with E-state index < -0.39 is 0 Å². The minimum Gasteiger partial charge on any atom is -0.339 e. The minimum absolute atomic E-state index is 0. The van der Waals surface area contributed by atoms with Gasteiger partial charge < -0.3 is 15.1 Å². The molecule has 6 heteroatoms. The summed E-state index contributed by atoms with van der Waals surface area (Å²) in [5.41, 5.74) is 0. The van der Waals surface area contributed by atoms with Crippen molar-refractivity contribution in [2.45, 2.75) is 57.5 Å². The summed E-state index contributed by atoms with van der Waals surface area (Å²) in [5, 5.41) is 3.26. The Morgan fingerprint density at radius 2 is 1.90 bits per heavy atom. The molecule has 0 bridgehead atoms. The fraction of sp³-hybridized carbons (Fsp3) is 0.867. The number of hydrogen-bond donors (Lipinski definition) is 1. The Labute approximate surface area is 133 Å². The van der Waals surface area contributed by atoms with Gasteiger partial charge >= 0.3 is 0 Å². The van der Waals surface area contributed by atoms with Crippen LogP contribution in [0, 0.1) is 0 Å². The van der Waals surface area contributed by atoms with E-state index in [4.69, 9.17) is 0 Å². The average molecular weight is 318 g/mol. The van der Waals surface area contributed by atoms with Gasteiger partial charge in [-0.25, -0.2) is 0 Å². The second kappa shape index (κ2) is 8.59. The highest BCUT2D eigenvalue weighted by Crippen LogP contribution is 2.21. The fourth-order valence-corrected chi connectivity index (χ4v) is 3.31. The van der Waals surface area contributed by atoms with E-state index in [1.54, 1.807) is 0 Å². The van der Waals surface area contributed by atoms with E-state index >= 15 is 0 Å². The Kier molecular flexibility index (Phi) is 7.46. The van der Waals surface area contributed by atoms with Gasteiger partial charge in [0.2, 0.25) is 11.8 Å². The number of carbonyl (C=O) groups is 2. The van der Waals surface area contributed by atoms with Crippen molar-refractivity contribution in [2.75, 3.05) is 26.7 Å². The first-order valence-corrected chi connectivity index (χ1v) is 7.93. The Hall–Kier alpha value is -0.810. The van der Waals surface area contributed by atoms with Gasteiger partial charge in [-0.3, -0.25) is 9.59 Å². The van der Waals surface area contributed by atoms with E-state index in [-0.39, 0.29) is 30.3 Å². The standard InChI is InChI=1S/C15H27N3O2.ClH/c1-3-14(19)18-10-5-4-8-13(18)15(20)17-9-6-7-12(11-17)16-2;/h12-13,16H,3-11H2,1-2H3;1H. The van der Waals surface area contributed by atoms with Crippen LogP contribution in [0.5, 0.6) is 0 Å². The summed E-state index contributed by atoms with van der Waals surface area (Å²) in [6, 6.07) is 0.179. The molecule has 0 radical (unpaired) electrons. The van der Waals surface area contributed by atoms with Crippen LogP contribution in [0.2, 0.25) is 0 Å². The van der Waals surface area contributed by atoms with Crippen molar-refractivity contribution in [3.8, 4) is 0 Å². The van der Waals surface area contributed by atoms with Crippen LogP contribution in [-0.4, -0.2) is 60.4 Å². The molecule has 122 valence electrons. The van der Waals surface area contributed by atoms with Gasteiger partial charge in [-0.05, 0) is 39.2 Å². The number of piperidine rings is 2. The molecule has 21 heavy (non-hydrogen) atoms. The van der Waals surface area contributed by atoms with E-state index in [0.717, 1.165) is 51.7 Å². The van der Waals surface area contributed by atoms with E-state index in [1.165, 1.54) is 0 Å². The summed E-state index contributed by atoms with van der Waals surface area (Å²) in [7, 11) is 1.95. The van der Waals surface area contributed by atoms with Crippen molar-refractivity contribution in [1.29, 1.82) is 0 Å². The second-order valence-electron chi connectivity index (χ2n) is 5.86. The molecule has 2 aliphatic rings. The Morgan fingerprint density at radius 3 is 2.57 bits per heavy atom. The number of amides is 2. The zero-order valence-electron chi connectivity index (χ0n) is 13.1. The molecule has 5 nitrogen and oxygen atoms in total. The molecule has 0 aromatic rings. The van der Waals surface area contributed by atoms with Crippen molar-refractivity contribution >= 4 is 24.2 Å². The van der Waals surface area contributed by atoms with Crippen molar-refractivity contribution in [3.63, 3.8) is 0 Å². The third-order valence-electron chi connectivity index (χ3n) is 4.55. The largest absolute Gasteiger partial charge is 0.339 e. The maximum absolute atomic E-state index is 12.7. The van der Waals surface area contributed by atoms with Gasteiger partial charge in [-0.1, -0.05) is 6.92 Å². The smallest absolute Gasteiger partial charge is 0.245 e. The summed E-state index contributed by atoms with van der Waals surface area (Å²) >= 11 is 0. The highest BCUT2D eigenvalue weighted by molar-refractivity contribution is 5.88. The van der Waals surface area contributed by atoms with Crippen LogP contribution in [0.25, 0.3) is 0 Å². The van der Waals surface area contributed by atoms with E-state index in [1.807, 2.05) is 23.8 Å². The van der Waals surface area contributed by atoms with E-state index in [0.29, 0.717) is 12.5 Å². The molecule has 2 amide bonds. The molecular weight excluding hydrogens is 290 g/mol. The molecule has 2 atom stereocenters. The SMILES string of the molecule is CCC(=O)N1CCCCC1C(=O)N1CCCC(NC)C1.Cl. The predicted molar refractivity (Wildman–Crippen MR) is 85.6 cm³/mol. The van der Waals surface area contributed by atoms with Crippen molar-refractivity contribution in [1.82, 2.24) is 15.1 Å². The number of nitrogens with one attached hydrogen (secondary N) is 1. The van der Waals surface area contributed by atoms with Crippen LogP contribution < -0.4 is 5.32 Å². The zero-order chi connectivity index (χ0) is 14.5. The molecule has 0 aliphatic carbocycles. The third-order valence-corrected chi connectivity index (χ3v) is 4.55. The molecule has 0 aromatic heterocycles. The van der Waals surface area contributed by atoms with Gasteiger partial charge in [0.15, 0.2) is 0 Å². The van der Waals surface area contributed by atoms with Crippen LogP contribution in [0.3, 0.4) is 0 Å². The molecule has 0 saturated carbocycles. The quantitative estimate of drug-likeness (QED) is 0.856. The van der Waals surface area contributed by atoms with Gasteiger partial charge in [-0.15, -0.1) is 12.4 Å². The van der Waals surface area contributed by atoms with E-state index in [9.17, 15) is 9.59 Å². The molecule has 2 fully saturated rings. The first-order chi connectivity index (χ1) is 9.67. The van der Waals surface area contributed by atoms with Crippen LogP contribution in [0.4, 0.5) is 0 Å². The number of likely N-dealkylation sites (N-methyl/N-ethyl adjacent to an activating group) is 1. The van der Waals surface area contributed by atoms with Gasteiger partial charge in [-0.2, -0.15) is 0 Å². The van der Waals surface area contributed by atoms with Gasteiger partial charge in [0.1, 0.15) is 6.04 Å². The lowest BCUT2D eigenvalue weighted by atomic mass is 9.98. The van der Waals surface area contributed by atoms with Crippen LogP contribution in [0.15, 0.2) is 0 Å². The highest BCUT2D eigenvalue weighted by atomic mass is 35.5. The summed E-state index contributed by atoms with van der Waals surface area (Å²) in [6.45, 7) is 4.23. The third kappa shape index (κ3) is 4.33. The van der Waals surface area contributed by atoms with Crippen molar-refractivity contribution in [2.24, 2.45) is 0 Å². The predicted octanol–water partition coefficient (Wildman–Crippen LogP) is 1.41. The highest BCUT2D eigenvalue weighted by Gasteiger charge is 2.35. The van der Waals surface area contributed by atoms with Gasteiger partial charge in [0, 0.05) is 32.1 Å². The monoisotopic (exact) mass is 317 g/mol. The molecule has 0 aromatic carbocycles.